The highest BCUT2D eigenvalue weighted by Crippen LogP contribution is 2.33. The van der Waals surface area contributed by atoms with Gasteiger partial charge in [0, 0.05) is 29.9 Å². The van der Waals surface area contributed by atoms with E-state index in [0.717, 1.165) is 19.0 Å². The van der Waals surface area contributed by atoms with Crippen molar-refractivity contribution >= 4 is 11.3 Å². The minimum atomic E-state index is 0.568. The van der Waals surface area contributed by atoms with Gasteiger partial charge in [0.05, 0.1) is 0 Å². The summed E-state index contributed by atoms with van der Waals surface area (Å²) in [5.41, 5.74) is 9.91. The van der Waals surface area contributed by atoms with Crippen LogP contribution in [0.25, 0.3) is 0 Å². The van der Waals surface area contributed by atoms with E-state index in [1.807, 2.05) is 11.3 Å². The molecule has 2 N–H and O–H groups in total. The second-order valence-electron chi connectivity index (χ2n) is 7.21. The second-order valence-corrected chi connectivity index (χ2v) is 8.21. The first-order chi connectivity index (χ1) is 11.8. The van der Waals surface area contributed by atoms with Crippen molar-refractivity contribution in [3.8, 4) is 0 Å². The molecule has 0 aliphatic carbocycles. The van der Waals surface area contributed by atoms with Gasteiger partial charge in [0.15, 0.2) is 0 Å². The summed E-state index contributed by atoms with van der Waals surface area (Å²) >= 11 is 1.90. The molecule has 0 radical (unpaired) electrons. The van der Waals surface area contributed by atoms with Crippen LogP contribution in [0.1, 0.15) is 34.8 Å². The monoisotopic (exact) mass is 341 g/mol. The third-order valence-electron chi connectivity index (χ3n) is 5.73. The van der Waals surface area contributed by atoms with Crippen molar-refractivity contribution in [3.05, 3.63) is 57.8 Å². The molecule has 2 atom stereocenters. The fourth-order valence-corrected chi connectivity index (χ4v) is 5.17. The minimum Gasteiger partial charge on any atom is -0.298 e. The number of likely N-dealkylation sites (tertiary alicyclic amines) is 1. The first kappa shape index (κ1) is 16.3. The van der Waals surface area contributed by atoms with E-state index in [-0.39, 0.29) is 0 Å². The molecule has 1 aromatic heterocycles. The predicted molar refractivity (Wildman–Crippen MR) is 101 cm³/mol. The summed E-state index contributed by atoms with van der Waals surface area (Å²) in [6.07, 6.45) is 2.60. The van der Waals surface area contributed by atoms with Gasteiger partial charge < -0.3 is 0 Å². The van der Waals surface area contributed by atoms with Crippen LogP contribution in [0.2, 0.25) is 0 Å². The third-order valence-corrected chi connectivity index (χ3v) is 6.74. The lowest BCUT2D eigenvalue weighted by atomic mass is 9.80. The van der Waals surface area contributed by atoms with E-state index < -0.39 is 0 Å². The Balaban J connectivity index is 1.36. The lowest BCUT2D eigenvalue weighted by Crippen LogP contribution is -2.43. The number of benzene rings is 1. The summed E-state index contributed by atoms with van der Waals surface area (Å²) in [4.78, 5) is 4.17. The number of nitrogens with one attached hydrogen (secondary N) is 2. The van der Waals surface area contributed by atoms with Crippen LogP contribution in [-0.4, -0.2) is 30.6 Å². The summed E-state index contributed by atoms with van der Waals surface area (Å²) in [5.74, 6) is 1.37. The van der Waals surface area contributed by atoms with Crippen molar-refractivity contribution in [3.63, 3.8) is 0 Å². The van der Waals surface area contributed by atoms with Gasteiger partial charge in [-0.3, -0.25) is 15.8 Å². The first-order valence-corrected chi connectivity index (χ1v) is 9.98. The molecule has 3 nitrogen and oxygen atoms in total. The van der Waals surface area contributed by atoms with Gasteiger partial charge in [0.2, 0.25) is 0 Å². The average molecular weight is 342 g/mol. The van der Waals surface area contributed by atoms with Crippen molar-refractivity contribution < 1.29 is 0 Å². The van der Waals surface area contributed by atoms with E-state index in [4.69, 9.17) is 0 Å². The number of thiophene rings is 1. The number of nitrogens with zero attached hydrogens (tertiary/aromatic N) is 1. The van der Waals surface area contributed by atoms with E-state index in [1.54, 1.807) is 0 Å². The van der Waals surface area contributed by atoms with E-state index in [1.165, 1.54) is 41.9 Å². The number of piperidine rings is 1. The lowest BCUT2D eigenvalue weighted by Gasteiger charge is -2.36. The number of hydrazine groups is 1. The minimum absolute atomic E-state index is 0.568. The Labute approximate surface area is 149 Å². The van der Waals surface area contributed by atoms with E-state index in [2.05, 4.69) is 64.5 Å². The molecule has 4 heteroatoms. The molecule has 0 amide bonds. The van der Waals surface area contributed by atoms with Crippen LogP contribution in [-0.2, 0) is 6.54 Å². The van der Waals surface area contributed by atoms with Crippen LogP contribution in [0.15, 0.2) is 41.8 Å². The summed E-state index contributed by atoms with van der Waals surface area (Å²) in [6, 6.07) is 13.8. The summed E-state index contributed by atoms with van der Waals surface area (Å²) in [5, 5.41) is 2.22. The number of hydrogen-bond donors (Lipinski definition) is 2. The van der Waals surface area contributed by atoms with Crippen LogP contribution in [0.5, 0.6) is 0 Å². The van der Waals surface area contributed by atoms with Crippen molar-refractivity contribution in [2.45, 2.75) is 38.3 Å². The van der Waals surface area contributed by atoms with Crippen LogP contribution in [0.4, 0.5) is 0 Å². The Kier molecular flexibility index (Phi) is 4.99. The molecular formula is C20H27N3S. The van der Waals surface area contributed by atoms with Crippen molar-refractivity contribution in [2.75, 3.05) is 19.6 Å². The molecule has 2 fully saturated rings. The maximum atomic E-state index is 3.58. The maximum Gasteiger partial charge on any atom is 0.0330 e. The SMILES string of the molecule is Cc1ccsc1CN1CCC(C2NNCC2c2ccccc2)CC1. The zero-order chi connectivity index (χ0) is 16.4. The van der Waals surface area contributed by atoms with Gasteiger partial charge >= 0.3 is 0 Å². The molecule has 2 aromatic rings. The molecule has 1 aromatic carbocycles. The molecule has 2 aliphatic rings. The van der Waals surface area contributed by atoms with Crippen molar-refractivity contribution in [1.29, 1.82) is 0 Å². The molecule has 2 saturated heterocycles. The van der Waals surface area contributed by atoms with Crippen molar-refractivity contribution in [1.82, 2.24) is 15.8 Å². The van der Waals surface area contributed by atoms with Crippen LogP contribution in [0, 0.1) is 12.8 Å². The highest BCUT2D eigenvalue weighted by Gasteiger charge is 2.36. The van der Waals surface area contributed by atoms with Crippen LogP contribution in [0.3, 0.4) is 0 Å². The number of aryl methyl sites for hydroxylation is 1. The molecule has 128 valence electrons. The Morgan fingerprint density at radius 2 is 1.92 bits per heavy atom. The molecule has 0 spiro atoms. The topological polar surface area (TPSA) is 27.3 Å². The Morgan fingerprint density at radius 1 is 1.12 bits per heavy atom. The zero-order valence-corrected chi connectivity index (χ0v) is 15.2. The molecule has 2 aliphatic heterocycles. The zero-order valence-electron chi connectivity index (χ0n) is 14.4. The van der Waals surface area contributed by atoms with Gasteiger partial charge in [-0.2, -0.15) is 0 Å². The normalized spacial score (nSPS) is 26.0. The van der Waals surface area contributed by atoms with E-state index in [0.29, 0.717) is 12.0 Å². The third kappa shape index (κ3) is 3.42. The standard InChI is InChI=1S/C20H27N3S/c1-15-9-12-24-19(15)14-23-10-7-17(8-11-23)20-18(13-21-22-20)16-5-3-2-4-6-16/h2-6,9,12,17-18,20-22H,7-8,10-11,13-14H2,1H3. The molecule has 2 unspecified atom stereocenters. The molecule has 0 saturated carbocycles. The average Bonchev–Trinajstić information content (AvgIpc) is 3.26. The maximum absolute atomic E-state index is 3.58. The van der Waals surface area contributed by atoms with Gasteiger partial charge in [-0.05, 0) is 61.3 Å². The van der Waals surface area contributed by atoms with E-state index >= 15 is 0 Å². The Hall–Kier alpha value is -1.20. The molecule has 0 bridgehead atoms. The largest absolute Gasteiger partial charge is 0.298 e. The number of rotatable bonds is 4. The molecular weight excluding hydrogens is 314 g/mol. The van der Waals surface area contributed by atoms with Crippen LogP contribution < -0.4 is 10.9 Å². The van der Waals surface area contributed by atoms with E-state index in [9.17, 15) is 0 Å². The fraction of sp³-hybridized carbons (Fsp3) is 0.500. The highest BCUT2D eigenvalue weighted by atomic mass is 32.1. The van der Waals surface area contributed by atoms with Crippen molar-refractivity contribution in [2.24, 2.45) is 5.92 Å². The first-order valence-electron chi connectivity index (χ1n) is 9.10. The number of hydrogen-bond acceptors (Lipinski definition) is 4. The molecule has 24 heavy (non-hydrogen) atoms. The van der Waals surface area contributed by atoms with Gasteiger partial charge in [-0.25, -0.2) is 0 Å². The van der Waals surface area contributed by atoms with Gasteiger partial charge in [-0.15, -0.1) is 11.3 Å². The van der Waals surface area contributed by atoms with Gasteiger partial charge in [0.25, 0.3) is 0 Å². The second kappa shape index (κ2) is 7.36. The van der Waals surface area contributed by atoms with Gasteiger partial charge in [0.1, 0.15) is 0 Å². The smallest absolute Gasteiger partial charge is 0.0330 e. The summed E-state index contributed by atoms with van der Waals surface area (Å²) in [6.45, 7) is 6.86. The quantitative estimate of drug-likeness (QED) is 0.891. The summed E-state index contributed by atoms with van der Waals surface area (Å²) < 4.78 is 0. The Morgan fingerprint density at radius 3 is 2.62 bits per heavy atom. The predicted octanol–water partition coefficient (Wildman–Crippen LogP) is 3.53. The highest BCUT2D eigenvalue weighted by molar-refractivity contribution is 7.10. The summed E-state index contributed by atoms with van der Waals surface area (Å²) in [7, 11) is 0. The van der Waals surface area contributed by atoms with Gasteiger partial charge in [-0.1, -0.05) is 30.3 Å². The Bertz CT molecular complexity index is 646. The fourth-order valence-electron chi connectivity index (χ4n) is 4.23. The molecule has 3 heterocycles. The molecule has 4 rings (SSSR count). The van der Waals surface area contributed by atoms with Crippen LogP contribution >= 0.6 is 11.3 Å². The lowest BCUT2D eigenvalue weighted by molar-refractivity contribution is 0.152.